The first kappa shape index (κ1) is 26.2. The number of rotatable bonds is 8. The van der Waals surface area contributed by atoms with Gasteiger partial charge in [-0.2, -0.15) is 0 Å². The number of nitrogens with zero attached hydrogens (tertiary/aromatic N) is 1. The van der Waals surface area contributed by atoms with Gasteiger partial charge in [0.25, 0.3) is 0 Å². The third kappa shape index (κ3) is 6.24. The number of esters is 1. The molecular weight excluding hydrogens is 425 g/mol. The van der Waals surface area contributed by atoms with Crippen LogP contribution in [0.25, 0.3) is 0 Å². The molecule has 1 heterocycles. The number of ether oxygens (including phenoxy) is 4. The van der Waals surface area contributed by atoms with Crippen LogP contribution in [-0.2, 0) is 16.0 Å². The van der Waals surface area contributed by atoms with Crippen LogP contribution in [0.15, 0.2) is 35.3 Å². The van der Waals surface area contributed by atoms with Crippen LogP contribution in [0.1, 0.15) is 57.2 Å². The monoisotopic (exact) mass is 459 g/mol. The van der Waals surface area contributed by atoms with E-state index >= 15 is 0 Å². The van der Waals surface area contributed by atoms with Gasteiger partial charge in [-0.05, 0) is 62.2 Å². The molecule has 0 aromatic heterocycles. The van der Waals surface area contributed by atoms with Crippen molar-refractivity contribution < 1.29 is 28.1 Å². The van der Waals surface area contributed by atoms with Gasteiger partial charge in [0.05, 0.1) is 33.5 Å². The Morgan fingerprint density at radius 3 is 2.39 bits per heavy atom. The summed E-state index contributed by atoms with van der Waals surface area (Å²) < 4.78 is 36.4. The van der Waals surface area contributed by atoms with Gasteiger partial charge in [0.15, 0.2) is 11.5 Å². The smallest absolute Gasteiger partial charge is 0.315 e. The van der Waals surface area contributed by atoms with Crippen LogP contribution in [0.2, 0.25) is 0 Å². The Labute approximate surface area is 195 Å². The fraction of sp³-hybridized carbons (Fsp3) is 0.462. The van der Waals surface area contributed by atoms with Crippen molar-refractivity contribution in [2.45, 2.75) is 53.1 Å². The average molecular weight is 460 g/mol. The van der Waals surface area contributed by atoms with Crippen molar-refractivity contribution in [2.75, 3.05) is 27.4 Å². The minimum atomic E-state index is -0.557. The molecule has 0 fully saturated rings. The molecule has 0 spiro atoms. The maximum Gasteiger partial charge on any atom is 0.315 e. The fourth-order valence-electron chi connectivity index (χ4n) is 3.63. The van der Waals surface area contributed by atoms with E-state index in [1.807, 2.05) is 27.7 Å². The third-order valence-corrected chi connectivity index (χ3v) is 5.02. The molecule has 0 bridgehead atoms. The molecule has 6 nitrogen and oxygen atoms in total. The van der Waals surface area contributed by atoms with E-state index < -0.39 is 5.92 Å². The number of carbonyl (C=O) groups is 1. The summed E-state index contributed by atoms with van der Waals surface area (Å²) in [6.45, 7) is 10.1. The van der Waals surface area contributed by atoms with Crippen LogP contribution in [-0.4, -0.2) is 45.2 Å². The summed E-state index contributed by atoms with van der Waals surface area (Å²) in [5.41, 5.74) is 2.58. The van der Waals surface area contributed by atoms with Gasteiger partial charge < -0.3 is 18.9 Å². The van der Waals surface area contributed by atoms with E-state index in [1.54, 1.807) is 38.3 Å². The van der Waals surface area contributed by atoms with Gasteiger partial charge in [0.2, 0.25) is 0 Å². The molecule has 0 radical (unpaired) electrons. The van der Waals surface area contributed by atoms with Gasteiger partial charge >= 0.3 is 5.97 Å². The number of benzene rings is 2. The molecule has 2 aromatic rings. The number of carbonyl (C=O) groups excluding carboxylic acids is 1. The van der Waals surface area contributed by atoms with Crippen molar-refractivity contribution in [3.05, 3.63) is 52.8 Å². The summed E-state index contributed by atoms with van der Waals surface area (Å²) in [6.07, 6.45) is 0.229. The number of hydrogen-bond donors (Lipinski definition) is 0. The molecule has 33 heavy (non-hydrogen) atoms. The van der Waals surface area contributed by atoms with Crippen molar-refractivity contribution >= 4 is 11.7 Å². The highest BCUT2D eigenvalue weighted by Crippen LogP contribution is 2.37. The molecule has 7 heteroatoms. The molecule has 1 unspecified atom stereocenters. The lowest BCUT2D eigenvalue weighted by molar-refractivity contribution is -0.144. The molecule has 1 aliphatic heterocycles. The average Bonchev–Trinajstić information content (AvgIpc) is 2.81. The van der Waals surface area contributed by atoms with E-state index in [2.05, 4.69) is 4.99 Å². The third-order valence-electron chi connectivity index (χ3n) is 5.02. The highest BCUT2D eigenvalue weighted by atomic mass is 19.1. The van der Waals surface area contributed by atoms with Crippen molar-refractivity contribution in [3.63, 3.8) is 0 Å². The van der Waals surface area contributed by atoms with Gasteiger partial charge in [0, 0.05) is 17.7 Å². The van der Waals surface area contributed by atoms with Crippen molar-refractivity contribution in [3.8, 4) is 17.2 Å². The predicted octanol–water partition coefficient (Wildman–Crippen LogP) is 5.35. The summed E-state index contributed by atoms with van der Waals surface area (Å²) in [6, 6.07) is 8.26. The number of fused-ring (bicyclic) bond motifs is 1. The second-order valence-electron chi connectivity index (χ2n) is 7.48. The Balaban J connectivity index is 0.00000187. The molecule has 1 atom stereocenters. The van der Waals surface area contributed by atoms with Crippen LogP contribution in [0.5, 0.6) is 17.2 Å². The summed E-state index contributed by atoms with van der Waals surface area (Å²) in [4.78, 5) is 17.2. The number of aliphatic imine (C=N–C) groups is 1. The van der Waals surface area contributed by atoms with Gasteiger partial charge in [-0.25, -0.2) is 4.39 Å². The zero-order valence-corrected chi connectivity index (χ0v) is 20.5. The van der Waals surface area contributed by atoms with Gasteiger partial charge in [0.1, 0.15) is 17.5 Å². The van der Waals surface area contributed by atoms with Gasteiger partial charge in [-0.15, -0.1) is 0 Å². The van der Waals surface area contributed by atoms with Crippen molar-refractivity contribution in [1.82, 2.24) is 0 Å². The standard InChI is InChI=1S/C24H28FNO5.C2H6/c1-6-30-24(27)19-13-26-21(18-12-23(29-5)22(28-4)11-17(18)19)10-15-9-16(31-14(2)3)7-8-20(15)25;1-2/h7-9,11-12,14,19H,6,10,13H2,1-5H3;1-2H3. The Hall–Kier alpha value is -3.09. The Bertz CT molecular complexity index is 987. The minimum absolute atomic E-state index is 0.0203. The second kappa shape index (κ2) is 12.2. The number of halogens is 1. The van der Waals surface area contributed by atoms with Crippen LogP contribution in [0, 0.1) is 5.82 Å². The van der Waals surface area contributed by atoms with Crippen LogP contribution >= 0.6 is 0 Å². The molecule has 0 saturated carbocycles. The van der Waals surface area contributed by atoms with E-state index in [9.17, 15) is 9.18 Å². The maximum atomic E-state index is 14.6. The molecule has 0 saturated heterocycles. The van der Waals surface area contributed by atoms with E-state index in [-0.39, 0.29) is 37.5 Å². The normalized spacial score (nSPS) is 14.5. The first-order chi connectivity index (χ1) is 15.9. The second-order valence-corrected chi connectivity index (χ2v) is 7.48. The van der Waals surface area contributed by atoms with E-state index in [4.69, 9.17) is 18.9 Å². The zero-order chi connectivity index (χ0) is 24.5. The minimum Gasteiger partial charge on any atom is -0.493 e. The number of hydrogen-bond acceptors (Lipinski definition) is 6. The molecule has 0 N–H and O–H groups in total. The summed E-state index contributed by atoms with van der Waals surface area (Å²) in [5, 5.41) is 0. The van der Waals surface area contributed by atoms with E-state index in [0.29, 0.717) is 28.5 Å². The molecule has 2 aromatic carbocycles. The lowest BCUT2D eigenvalue weighted by Gasteiger charge is -2.25. The Morgan fingerprint density at radius 1 is 1.12 bits per heavy atom. The molecule has 0 aliphatic carbocycles. The van der Waals surface area contributed by atoms with Crippen molar-refractivity contribution in [2.24, 2.45) is 4.99 Å². The topological polar surface area (TPSA) is 66.4 Å². The predicted molar refractivity (Wildman–Crippen MR) is 128 cm³/mol. The van der Waals surface area contributed by atoms with Crippen LogP contribution in [0.3, 0.4) is 0 Å². The van der Waals surface area contributed by atoms with Crippen LogP contribution in [0.4, 0.5) is 4.39 Å². The SMILES string of the molecule is CC.CCOC(=O)C1CN=C(Cc2cc(OC(C)C)ccc2F)c2cc(OC)c(OC)cc21. The molecule has 0 amide bonds. The first-order valence-corrected chi connectivity index (χ1v) is 11.3. The van der Waals surface area contributed by atoms with Crippen LogP contribution < -0.4 is 14.2 Å². The summed E-state index contributed by atoms with van der Waals surface area (Å²) >= 11 is 0. The molecule has 180 valence electrons. The lowest BCUT2D eigenvalue weighted by atomic mass is 9.86. The highest BCUT2D eigenvalue weighted by Gasteiger charge is 2.31. The van der Waals surface area contributed by atoms with Gasteiger partial charge in [-0.1, -0.05) is 13.8 Å². The molecule has 1 aliphatic rings. The zero-order valence-electron chi connectivity index (χ0n) is 20.5. The largest absolute Gasteiger partial charge is 0.493 e. The summed E-state index contributed by atoms with van der Waals surface area (Å²) in [7, 11) is 3.08. The summed E-state index contributed by atoms with van der Waals surface area (Å²) in [5.74, 6) is 0.371. The maximum absolute atomic E-state index is 14.6. The Kier molecular flexibility index (Phi) is 9.70. The fourth-order valence-corrected chi connectivity index (χ4v) is 3.63. The number of methoxy groups -OCH3 is 2. The molecular formula is C26H34FNO5. The highest BCUT2D eigenvalue weighted by molar-refractivity contribution is 6.06. The quantitative estimate of drug-likeness (QED) is 0.498. The first-order valence-electron chi connectivity index (χ1n) is 11.3. The molecule has 3 rings (SSSR count). The lowest BCUT2D eigenvalue weighted by Crippen LogP contribution is -2.26. The van der Waals surface area contributed by atoms with Crippen molar-refractivity contribution in [1.29, 1.82) is 0 Å². The van der Waals surface area contributed by atoms with E-state index in [1.165, 1.54) is 13.2 Å². The van der Waals surface area contributed by atoms with E-state index in [0.717, 1.165) is 11.1 Å². The Morgan fingerprint density at radius 2 is 1.79 bits per heavy atom. The van der Waals surface area contributed by atoms with Gasteiger partial charge in [-0.3, -0.25) is 9.79 Å².